The van der Waals surface area contributed by atoms with Crippen molar-refractivity contribution in [3.05, 3.63) is 60.2 Å². The zero-order valence-electron chi connectivity index (χ0n) is 13.7. The van der Waals surface area contributed by atoms with Crippen LogP contribution in [-0.2, 0) is 6.42 Å². The standard InChI is InChI=1S/C19H21N3OS/c1-2-15-9-11-16(12-10-15)18-20-19(22-21-18)24-14-6-13-23-17-7-4-3-5-8-17/h3-5,7-12H,2,6,13-14H2,1H3,(H,20,21,22). The molecular formula is C19H21N3OS. The first-order chi connectivity index (χ1) is 11.8. The van der Waals surface area contributed by atoms with Gasteiger partial charge >= 0.3 is 0 Å². The van der Waals surface area contributed by atoms with Crippen LogP contribution in [0, 0.1) is 0 Å². The Labute approximate surface area is 146 Å². The van der Waals surface area contributed by atoms with Crippen LogP contribution >= 0.6 is 11.8 Å². The molecule has 1 aromatic heterocycles. The van der Waals surface area contributed by atoms with Gasteiger partial charge in [-0.3, -0.25) is 5.10 Å². The van der Waals surface area contributed by atoms with Crippen LogP contribution in [0.25, 0.3) is 11.4 Å². The van der Waals surface area contributed by atoms with Gasteiger partial charge in [0.1, 0.15) is 5.75 Å². The molecule has 0 radical (unpaired) electrons. The van der Waals surface area contributed by atoms with Crippen molar-refractivity contribution in [1.82, 2.24) is 15.2 Å². The first kappa shape index (κ1) is 16.6. The highest BCUT2D eigenvalue weighted by atomic mass is 32.2. The number of nitrogens with zero attached hydrogens (tertiary/aromatic N) is 2. The lowest BCUT2D eigenvalue weighted by molar-refractivity contribution is 0.318. The van der Waals surface area contributed by atoms with Crippen LogP contribution in [0.1, 0.15) is 18.9 Å². The lowest BCUT2D eigenvalue weighted by Crippen LogP contribution is -1.98. The fraction of sp³-hybridized carbons (Fsp3) is 0.263. The van der Waals surface area contributed by atoms with E-state index in [1.165, 1.54) is 5.56 Å². The Morgan fingerprint density at radius 3 is 2.58 bits per heavy atom. The van der Waals surface area contributed by atoms with E-state index in [2.05, 4.69) is 46.4 Å². The molecule has 0 bridgehead atoms. The van der Waals surface area contributed by atoms with Crippen LogP contribution < -0.4 is 4.74 Å². The van der Waals surface area contributed by atoms with Crippen LogP contribution in [-0.4, -0.2) is 27.5 Å². The fourth-order valence-corrected chi connectivity index (χ4v) is 2.98. The number of thioether (sulfide) groups is 1. The predicted octanol–water partition coefficient (Wildman–Crippen LogP) is 4.60. The minimum atomic E-state index is 0.701. The van der Waals surface area contributed by atoms with Crippen molar-refractivity contribution in [3.8, 4) is 17.1 Å². The Morgan fingerprint density at radius 2 is 1.83 bits per heavy atom. The van der Waals surface area contributed by atoms with Crippen molar-refractivity contribution >= 4 is 11.8 Å². The second-order valence-corrected chi connectivity index (χ2v) is 6.44. The molecule has 0 amide bonds. The molecule has 0 aliphatic carbocycles. The van der Waals surface area contributed by atoms with Crippen LogP contribution in [0.2, 0.25) is 0 Å². The Morgan fingerprint density at radius 1 is 1.04 bits per heavy atom. The fourth-order valence-electron chi connectivity index (χ4n) is 2.27. The summed E-state index contributed by atoms with van der Waals surface area (Å²) < 4.78 is 5.68. The molecule has 3 rings (SSSR count). The maximum atomic E-state index is 5.68. The lowest BCUT2D eigenvalue weighted by Gasteiger charge is -2.04. The highest BCUT2D eigenvalue weighted by Gasteiger charge is 2.06. The molecule has 0 saturated carbocycles. The molecule has 124 valence electrons. The molecule has 0 unspecified atom stereocenters. The number of rotatable bonds is 8. The molecule has 5 heteroatoms. The van der Waals surface area contributed by atoms with E-state index < -0.39 is 0 Å². The quantitative estimate of drug-likeness (QED) is 0.481. The molecule has 0 fully saturated rings. The molecule has 2 aromatic carbocycles. The summed E-state index contributed by atoms with van der Waals surface area (Å²) in [5, 5.41) is 8.07. The Kier molecular flexibility index (Phi) is 5.90. The van der Waals surface area contributed by atoms with Crippen molar-refractivity contribution in [2.24, 2.45) is 0 Å². The number of aromatic nitrogens is 3. The number of hydrogen-bond donors (Lipinski definition) is 1. The van der Waals surface area contributed by atoms with Crippen molar-refractivity contribution in [3.63, 3.8) is 0 Å². The molecule has 0 saturated heterocycles. The van der Waals surface area contributed by atoms with E-state index in [4.69, 9.17) is 4.74 Å². The number of hydrogen-bond acceptors (Lipinski definition) is 4. The summed E-state index contributed by atoms with van der Waals surface area (Å²) in [5.74, 6) is 2.66. The average molecular weight is 339 g/mol. The van der Waals surface area contributed by atoms with Crippen molar-refractivity contribution in [1.29, 1.82) is 0 Å². The van der Waals surface area contributed by atoms with Gasteiger partial charge in [0.15, 0.2) is 5.82 Å². The van der Waals surface area contributed by atoms with Gasteiger partial charge in [0, 0.05) is 11.3 Å². The number of aromatic amines is 1. The Bertz CT molecular complexity index is 741. The minimum absolute atomic E-state index is 0.701. The van der Waals surface area contributed by atoms with Crippen LogP contribution in [0.15, 0.2) is 59.8 Å². The van der Waals surface area contributed by atoms with E-state index in [0.29, 0.717) is 6.61 Å². The van der Waals surface area contributed by atoms with E-state index in [-0.39, 0.29) is 0 Å². The summed E-state index contributed by atoms with van der Waals surface area (Å²) in [5.41, 5.74) is 2.39. The normalized spacial score (nSPS) is 10.7. The highest BCUT2D eigenvalue weighted by Crippen LogP contribution is 2.20. The number of benzene rings is 2. The molecule has 0 aliphatic rings. The van der Waals surface area contributed by atoms with E-state index in [9.17, 15) is 0 Å². The van der Waals surface area contributed by atoms with Gasteiger partial charge in [0.2, 0.25) is 5.16 Å². The zero-order valence-corrected chi connectivity index (χ0v) is 14.6. The van der Waals surface area contributed by atoms with Gasteiger partial charge in [0.05, 0.1) is 6.61 Å². The first-order valence-corrected chi connectivity index (χ1v) is 9.16. The summed E-state index contributed by atoms with van der Waals surface area (Å²) in [6.07, 6.45) is 2.00. The van der Waals surface area contributed by atoms with E-state index >= 15 is 0 Å². The van der Waals surface area contributed by atoms with Gasteiger partial charge in [-0.05, 0) is 30.5 Å². The molecule has 0 atom stereocenters. The smallest absolute Gasteiger partial charge is 0.208 e. The van der Waals surface area contributed by atoms with E-state index in [1.54, 1.807) is 11.8 Å². The number of aryl methyl sites for hydroxylation is 1. The average Bonchev–Trinajstić information content (AvgIpc) is 3.11. The topological polar surface area (TPSA) is 50.8 Å². The number of H-pyrrole nitrogens is 1. The predicted molar refractivity (Wildman–Crippen MR) is 98.5 cm³/mol. The summed E-state index contributed by atoms with van der Waals surface area (Å²) in [6, 6.07) is 18.3. The molecular weight excluding hydrogens is 318 g/mol. The summed E-state index contributed by atoms with van der Waals surface area (Å²) in [7, 11) is 0. The van der Waals surface area contributed by atoms with Gasteiger partial charge in [-0.1, -0.05) is 61.2 Å². The van der Waals surface area contributed by atoms with Crippen molar-refractivity contribution in [2.45, 2.75) is 24.9 Å². The van der Waals surface area contributed by atoms with Crippen molar-refractivity contribution in [2.75, 3.05) is 12.4 Å². The summed E-state index contributed by atoms with van der Waals surface area (Å²) >= 11 is 1.65. The minimum Gasteiger partial charge on any atom is -0.494 e. The number of nitrogens with one attached hydrogen (secondary N) is 1. The van der Waals surface area contributed by atoms with Gasteiger partial charge in [-0.2, -0.15) is 0 Å². The molecule has 1 heterocycles. The highest BCUT2D eigenvalue weighted by molar-refractivity contribution is 7.99. The second-order valence-electron chi connectivity index (χ2n) is 5.38. The summed E-state index contributed by atoms with van der Waals surface area (Å²) in [4.78, 5) is 4.55. The molecule has 24 heavy (non-hydrogen) atoms. The summed E-state index contributed by atoms with van der Waals surface area (Å²) in [6.45, 7) is 2.85. The van der Waals surface area contributed by atoms with E-state index in [1.807, 2.05) is 30.3 Å². The number of ether oxygens (including phenoxy) is 1. The molecule has 0 aliphatic heterocycles. The number of para-hydroxylation sites is 1. The monoisotopic (exact) mass is 339 g/mol. The lowest BCUT2D eigenvalue weighted by atomic mass is 10.1. The van der Waals surface area contributed by atoms with Gasteiger partial charge < -0.3 is 4.74 Å². The molecule has 1 N–H and O–H groups in total. The molecule has 3 aromatic rings. The van der Waals surface area contributed by atoms with Gasteiger partial charge in [0.25, 0.3) is 0 Å². The van der Waals surface area contributed by atoms with E-state index in [0.717, 1.165) is 40.9 Å². The largest absolute Gasteiger partial charge is 0.494 e. The third-order valence-corrected chi connectivity index (χ3v) is 4.57. The zero-order chi connectivity index (χ0) is 16.6. The molecule has 0 spiro atoms. The van der Waals surface area contributed by atoms with Crippen LogP contribution in [0.3, 0.4) is 0 Å². The van der Waals surface area contributed by atoms with Gasteiger partial charge in [-0.15, -0.1) is 5.10 Å². The maximum Gasteiger partial charge on any atom is 0.208 e. The Hall–Kier alpha value is -2.27. The third-order valence-electron chi connectivity index (χ3n) is 3.63. The van der Waals surface area contributed by atoms with Crippen molar-refractivity contribution < 1.29 is 4.74 Å². The second kappa shape index (κ2) is 8.55. The Balaban J connectivity index is 1.44. The van der Waals surface area contributed by atoms with Crippen LogP contribution in [0.5, 0.6) is 5.75 Å². The van der Waals surface area contributed by atoms with Gasteiger partial charge in [-0.25, -0.2) is 4.98 Å². The first-order valence-electron chi connectivity index (χ1n) is 8.17. The SMILES string of the molecule is CCc1ccc(-c2nc(SCCCOc3ccccc3)n[nH]2)cc1. The molecule has 4 nitrogen and oxygen atoms in total. The third kappa shape index (κ3) is 4.61. The maximum absolute atomic E-state index is 5.68. The van der Waals surface area contributed by atoms with Crippen LogP contribution in [0.4, 0.5) is 0 Å².